The number of nitrogens with zero attached hydrogens (tertiary/aromatic N) is 4. The summed E-state index contributed by atoms with van der Waals surface area (Å²) in [5.74, 6) is 1.74. The molecule has 128 valence electrons. The zero-order chi connectivity index (χ0) is 17.4. The molecule has 3 aromatic heterocycles. The molecule has 0 spiro atoms. The summed E-state index contributed by atoms with van der Waals surface area (Å²) < 4.78 is 7.35. The summed E-state index contributed by atoms with van der Waals surface area (Å²) in [5.41, 5.74) is 1.19. The largest absolute Gasteiger partial charge is 0.492 e. The van der Waals surface area contributed by atoms with Crippen molar-refractivity contribution in [2.24, 2.45) is 0 Å². The van der Waals surface area contributed by atoms with Crippen molar-refractivity contribution in [1.82, 2.24) is 19.5 Å². The number of thiazole rings is 1. The summed E-state index contributed by atoms with van der Waals surface area (Å²) in [6.07, 6.45) is 1.44. The van der Waals surface area contributed by atoms with Gasteiger partial charge in [0.1, 0.15) is 23.9 Å². The van der Waals surface area contributed by atoms with Gasteiger partial charge in [-0.05, 0) is 31.7 Å². The normalized spacial score (nSPS) is 12.9. The van der Waals surface area contributed by atoms with Crippen molar-refractivity contribution in [2.45, 2.75) is 19.5 Å². The lowest BCUT2D eigenvalue weighted by Crippen LogP contribution is -2.24. The molecule has 4 rings (SSSR count). The number of aromatic hydroxyl groups is 1. The summed E-state index contributed by atoms with van der Waals surface area (Å²) in [7, 11) is 2.02. The van der Waals surface area contributed by atoms with Gasteiger partial charge in [0.15, 0.2) is 0 Å². The molecule has 1 atom stereocenters. The van der Waals surface area contributed by atoms with E-state index in [9.17, 15) is 5.11 Å². The predicted octanol–water partition coefficient (Wildman–Crippen LogP) is 3.62. The third kappa shape index (κ3) is 2.92. The Kier molecular flexibility index (Phi) is 4.03. The van der Waals surface area contributed by atoms with Gasteiger partial charge in [0, 0.05) is 6.54 Å². The molecule has 0 bridgehead atoms. The maximum Gasteiger partial charge on any atom is 0.230 e. The Balaban J connectivity index is 1.76. The Bertz CT molecular complexity index is 989. The smallest absolute Gasteiger partial charge is 0.230 e. The number of furan rings is 1. The first-order chi connectivity index (χ1) is 12.1. The summed E-state index contributed by atoms with van der Waals surface area (Å²) >= 11 is 1.42. The third-order valence-electron chi connectivity index (χ3n) is 4.13. The minimum absolute atomic E-state index is 0.108. The Morgan fingerprint density at radius 3 is 2.72 bits per heavy atom. The van der Waals surface area contributed by atoms with Crippen LogP contribution in [0.25, 0.3) is 4.96 Å². The zero-order valence-electron chi connectivity index (χ0n) is 14.0. The second-order valence-corrected chi connectivity index (χ2v) is 7.01. The quantitative estimate of drug-likeness (QED) is 0.593. The van der Waals surface area contributed by atoms with Crippen LogP contribution in [0, 0.1) is 6.92 Å². The van der Waals surface area contributed by atoms with Gasteiger partial charge in [-0.2, -0.15) is 9.61 Å². The van der Waals surface area contributed by atoms with Crippen LogP contribution in [0.15, 0.2) is 53.2 Å². The Labute approximate surface area is 149 Å². The molecule has 25 heavy (non-hydrogen) atoms. The molecule has 0 fully saturated rings. The van der Waals surface area contributed by atoms with Gasteiger partial charge in [0.2, 0.25) is 10.8 Å². The van der Waals surface area contributed by atoms with Gasteiger partial charge in [-0.1, -0.05) is 41.7 Å². The van der Waals surface area contributed by atoms with Crippen molar-refractivity contribution in [3.8, 4) is 5.88 Å². The van der Waals surface area contributed by atoms with Gasteiger partial charge in [0.05, 0.1) is 4.88 Å². The Morgan fingerprint density at radius 1 is 1.24 bits per heavy atom. The highest BCUT2D eigenvalue weighted by atomic mass is 32.1. The van der Waals surface area contributed by atoms with Crippen molar-refractivity contribution in [2.75, 3.05) is 7.05 Å². The molecule has 0 saturated carbocycles. The van der Waals surface area contributed by atoms with Gasteiger partial charge in [-0.15, -0.1) is 0 Å². The molecule has 6 nitrogen and oxygen atoms in total. The fraction of sp³-hybridized carbons (Fsp3) is 0.222. The minimum atomic E-state index is -0.220. The number of rotatable bonds is 5. The van der Waals surface area contributed by atoms with Crippen LogP contribution in [0.3, 0.4) is 0 Å². The molecule has 1 aromatic carbocycles. The highest BCUT2D eigenvalue weighted by molar-refractivity contribution is 7.17. The molecule has 0 saturated heterocycles. The zero-order valence-corrected chi connectivity index (χ0v) is 14.8. The van der Waals surface area contributed by atoms with Crippen LogP contribution in [0.1, 0.15) is 28.0 Å². The lowest BCUT2D eigenvalue weighted by molar-refractivity contribution is 0.236. The van der Waals surface area contributed by atoms with E-state index in [0.29, 0.717) is 4.96 Å². The van der Waals surface area contributed by atoms with Crippen molar-refractivity contribution in [3.63, 3.8) is 0 Å². The average Bonchev–Trinajstić information content (AvgIpc) is 3.29. The van der Waals surface area contributed by atoms with Crippen LogP contribution < -0.4 is 0 Å². The van der Waals surface area contributed by atoms with Crippen molar-refractivity contribution in [1.29, 1.82) is 0 Å². The predicted molar refractivity (Wildman–Crippen MR) is 95.7 cm³/mol. The second-order valence-electron chi connectivity index (χ2n) is 6.00. The molecule has 7 heteroatoms. The van der Waals surface area contributed by atoms with E-state index in [1.54, 1.807) is 0 Å². The van der Waals surface area contributed by atoms with Gasteiger partial charge < -0.3 is 9.52 Å². The van der Waals surface area contributed by atoms with E-state index in [4.69, 9.17) is 4.42 Å². The SMILES string of the molecule is Cc1ccc(C(c2sc3ncnn3c2O)N(C)Cc2ccccc2)o1. The van der Waals surface area contributed by atoms with Crippen LogP contribution in [0.4, 0.5) is 0 Å². The third-order valence-corrected chi connectivity index (χ3v) is 5.22. The molecule has 0 radical (unpaired) electrons. The van der Waals surface area contributed by atoms with E-state index in [1.807, 2.05) is 44.3 Å². The number of aryl methyl sites for hydroxylation is 1. The monoisotopic (exact) mass is 354 g/mol. The number of aromatic nitrogens is 3. The first kappa shape index (κ1) is 15.9. The van der Waals surface area contributed by atoms with Gasteiger partial charge in [0.25, 0.3) is 0 Å². The van der Waals surface area contributed by atoms with Crippen molar-refractivity contribution >= 4 is 16.3 Å². The maximum absolute atomic E-state index is 10.6. The fourth-order valence-electron chi connectivity index (χ4n) is 2.98. The first-order valence-corrected chi connectivity index (χ1v) is 8.77. The van der Waals surface area contributed by atoms with Crippen LogP contribution in [-0.2, 0) is 6.54 Å². The average molecular weight is 354 g/mol. The highest BCUT2D eigenvalue weighted by Crippen LogP contribution is 2.40. The molecule has 3 heterocycles. The Hall–Kier alpha value is -2.64. The number of fused-ring (bicyclic) bond motifs is 1. The minimum Gasteiger partial charge on any atom is -0.492 e. The van der Waals surface area contributed by atoms with Gasteiger partial charge >= 0.3 is 0 Å². The van der Waals surface area contributed by atoms with Crippen molar-refractivity contribution < 1.29 is 9.52 Å². The molecule has 1 unspecified atom stereocenters. The topological polar surface area (TPSA) is 66.8 Å². The van der Waals surface area contributed by atoms with Gasteiger partial charge in [-0.3, -0.25) is 4.90 Å². The summed E-state index contributed by atoms with van der Waals surface area (Å²) in [4.78, 5) is 7.77. The second kappa shape index (κ2) is 6.34. The van der Waals surface area contributed by atoms with E-state index < -0.39 is 0 Å². The molecule has 0 aliphatic carbocycles. The molecule has 0 aliphatic heterocycles. The maximum atomic E-state index is 10.6. The van der Waals surface area contributed by atoms with Crippen molar-refractivity contribution in [3.05, 3.63) is 70.8 Å². The Morgan fingerprint density at radius 2 is 2.04 bits per heavy atom. The first-order valence-electron chi connectivity index (χ1n) is 7.95. The van der Waals surface area contributed by atoms with Crippen LogP contribution >= 0.6 is 11.3 Å². The van der Waals surface area contributed by atoms with E-state index in [1.165, 1.54) is 27.7 Å². The molecule has 1 N–H and O–H groups in total. The molecular formula is C18H18N4O2S. The molecular weight excluding hydrogens is 336 g/mol. The van der Waals surface area contributed by atoms with Crippen LogP contribution in [0.5, 0.6) is 5.88 Å². The molecule has 4 aromatic rings. The molecule has 0 aliphatic rings. The number of hydrogen-bond acceptors (Lipinski definition) is 6. The fourth-order valence-corrected chi connectivity index (χ4v) is 4.08. The van der Waals surface area contributed by atoms with Crippen LogP contribution in [-0.4, -0.2) is 31.7 Å². The van der Waals surface area contributed by atoms with Crippen LogP contribution in [0.2, 0.25) is 0 Å². The summed E-state index contributed by atoms with van der Waals surface area (Å²) in [6.45, 7) is 2.64. The van der Waals surface area contributed by atoms with E-state index >= 15 is 0 Å². The standard InChI is InChI=1S/C18H18N4O2S/c1-12-8-9-14(24-12)15(21(2)10-13-6-4-3-5-7-13)16-17(23)22-18(25-16)19-11-20-22/h3-9,11,15,23H,10H2,1-2H3. The highest BCUT2D eigenvalue weighted by Gasteiger charge is 2.29. The lowest BCUT2D eigenvalue weighted by atomic mass is 10.1. The van der Waals surface area contributed by atoms with Gasteiger partial charge in [-0.25, -0.2) is 4.98 Å². The molecule has 0 amide bonds. The summed E-state index contributed by atoms with van der Waals surface area (Å²) in [6, 6.07) is 13.9. The lowest BCUT2D eigenvalue weighted by Gasteiger charge is -2.25. The van der Waals surface area contributed by atoms with E-state index in [2.05, 4.69) is 27.1 Å². The van der Waals surface area contributed by atoms with E-state index in [-0.39, 0.29) is 11.9 Å². The number of benzene rings is 1. The van der Waals surface area contributed by atoms with E-state index in [0.717, 1.165) is 22.9 Å². The number of hydrogen-bond donors (Lipinski definition) is 1. The summed E-state index contributed by atoms with van der Waals surface area (Å²) in [5, 5.41) is 14.7.